The van der Waals surface area contributed by atoms with Crippen molar-refractivity contribution < 1.29 is 14.4 Å². The second-order valence-corrected chi connectivity index (χ2v) is 10.3. The molecule has 6 nitrogen and oxygen atoms in total. The monoisotopic (exact) mass is 443 g/mol. The van der Waals surface area contributed by atoms with E-state index in [1.54, 1.807) is 16.7 Å². The van der Waals surface area contributed by atoms with Gasteiger partial charge in [-0.05, 0) is 61.8 Å². The molecule has 1 aliphatic carbocycles. The van der Waals surface area contributed by atoms with Gasteiger partial charge in [-0.3, -0.25) is 14.4 Å². The lowest BCUT2D eigenvalue weighted by molar-refractivity contribution is -0.142. The largest absolute Gasteiger partial charge is 0.347 e. The highest BCUT2D eigenvalue weighted by molar-refractivity contribution is 7.99. The van der Waals surface area contributed by atoms with Crippen LogP contribution in [0.4, 0.5) is 0 Å². The highest BCUT2D eigenvalue weighted by Gasteiger charge is 2.45. The van der Waals surface area contributed by atoms with Crippen LogP contribution in [0.25, 0.3) is 0 Å². The third kappa shape index (κ3) is 4.61. The number of aryl methyl sites for hydroxylation is 1. The van der Waals surface area contributed by atoms with E-state index in [4.69, 9.17) is 0 Å². The molecule has 4 rings (SSSR count). The lowest BCUT2D eigenvalue weighted by Crippen LogP contribution is -2.55. The van der Waals surface area contributed by atoms with E-state index in [9.17, 15) is 14.4 Å². The van der Waals surface area contributed by atoms with Crippen molar-refractivity contribution in [3.05, 3.63) is 35.4 Å². The average molecular weight is 444 g/mol. The molecule has 0 spiro atoms. The molecule has 0 radical (unpaired) electrons. The molecule has 2 aliphatic heterocycles. The molecule has 2 heterocycles. The van der Waals surface area contributed by atoms with Crippen LogP contribution in [-0.2, 0) is 20.8 Å². The quantitative estimate of drug-likeness (QED) is 0.733. The van der Waals surface area contributed by atoms with Gasteiger partial charge in [0, 0.05) is 5.92 Å². The van der Waals surface area contributed by atoms with Crippen molar-refractivity contribution in [3.63, 3.8) is 0 Å². The van der Waals surface area contributed by atoms with Gasteiger partial charge < -0.3 is 15.5 Å². The highest BCUT2D eigenvalue weighted by Crippen LogP contribution is 2.37. The Morgan fingerprint density at radius 2 is 1.94 bits per heavy atom. The van der Waals surface area contributed by atoms with E-state index in [-0.39, 0.29) is 35.1 Å². The Labute approximate surface area is 188 Å². The predicted molar refractivity (Wildman–Crippen MR) is 122 cm³/mol. The summed E-state index contributed by atoms with van der Waals surface area (Å²) in [7, 11) is 0. The van der Waals surface area contributed by atoms with Gasteiger partial charge in [0.2, 0.25) is 17.7 Å². The van der Waals surface area contributed by atoms with Crippen molar-refractivity contribution in [2.45, 2.75) is 82.3 Å². The van der Waals surface area contributed by atoms with Crippen molar-refractivity contribution in [2.24, 2.45) is 5.92 Å². The van der Waals surface area contributed by atoms with E-state index in [2.05, 4.69) is 22.8 Å². The number of carbonyl (C=O) groups is 3. The van der Waals surface area contributed by atoms with E-state index in [0.717, 1.165) is 37.9 Å². The van der Waals surface area contributed by atoms with Crippen LogP contribution in [0, 0.1) is 5.92 Å². The van der Waals surface area contributed by atoms with Crippen molar-refractivity contribution in [3.8, 4) is 0 Å². The zero-order chi connectivity index (χ0) is 22.0. The van der Waals surface area contributed by atoms with Crippen LogP contribution < -0.4 is 10.6 Å². The molecule has 0 aromatic heterocycles. The summed E-state index contributed by atoms with van der Waals surface area (Å²) >= 11 is 1.73. The number of hydrogen-bond acceptors (Lipinski definition) is 4. The lowest BCUT2D eigenvalue weighted by atomic mass is 9.87. The van der Waals surface area contributed by atoms with Crippen LogP contribution in [0.5, 0.6) is 0 Å². The summed E-state index contributed by atoms with van der Waals surface area (Å²) in [6.07, 6.45) is 5.88. The number of nitrogens with zero attached hydrogens (tertiary/aromatic N) is 1. The fraction of sp³-hybridized carbons (Fsp3) is 0.625. The molecular weight excluding hydrogens is 410 g/mol. The Bertz CT molecular complexity index is 845. The number of carbonyl (C=O) groups excluding carboxylic acids is 3. The van der Waals surface area contributed by atoms with E-state index >= 15 is 0 Å². The number of benzene rings is 1. The van der Waals surface area contributed by atoms with Gasteiger partial charge in [-0.2, -0.15) is 0 Å². The maximum Gasteiger partial charge on any atom is 0.246 e. The predicted octanol–water partition coefficient (Wildman–Crippen LogP) is 3.17. The van der Waals surface area contributed by atoms with E-state index in [1.807, 2.05) is 26.0 Å². The minimum Gasteiger partial charge on any atom is -0.347 e. The third-order valence-electron chi connectivity index (χ3n) is 6.97. The zero-order valence-electron chi connectivity index (χ0n) is 18.4. The number of hydrogen-bond donors (Lipinski definition) is 2. The number of fused-ring (bicyclic) bond motifs is 2. The maximum absolute atomic E-state index is 13.4. The standard InChI is InChI=1S/C24H33N3O3S/c1-3-15(2)22(28)26-19-13-14-31-21-12-11-20(27(21)24(19)30)23(29)25-18-10-6-8-16-7-4-5-9-17(16)18/h4-5,7,9,15,18-21H,3,6,8,10-14H2,1-2H3,(H,25,29)(H,26,28)/t15-,18-,19+,20-,21+/m1/s1. The van der Waals surface area contributed by atoms with E-state index < -0.39 is 12.1 Å². The Hall–Kier alpha value is -2.02. The molecule has 0 bridgehead atoms. The molecule has 0 saturated carbocycles. The van der Waals surface area contributed by atoms with Gasteiger partial charge in [0.05, 0.1) is 11.4 Å². The molecule has 5 atom stereocenters. The first-order chi connectivity index (χ1) is 15.0. The molecule has 1 aromatic rings. The number of nitrogens with one attached hydrogen (secondary N) is 2. The fourth-order valence-electron chi connectivity index (χ4n) is 4.93. The van der Waals surface area contributed by atoms with Gasteiger partial charge in [-0.15, -0.1) is 11.8 Å². The van der Waals surface area contributed by atoms with Crippen molar-refractivity contribution >= 4 is 29.5 Å². The minimum atomic E-state index is -0.539. The van der Waals surface area contributed by atoms with Gasteiger partial charge in [-0.25, -0.2) is 0 Å². The molecule has 168 valence electrons. The summed E-state index contributed by atoms with van der Waals surface area (Å²) in [5.74, 6) is 0.440. The normalized spacial score (nSPS) is 28.8. The van der Waals surface area contributed by atoms with Crippen molar-refractivity contribution in [2.75, 3.05) is 5.75 Å². The van der Waals surface area contributed by atoms with Crippen LogP contribution in [0.2, 0.25) is 0 Å². The summed E-state index contributed by atoms with van der Waals surface area (Å²) in [4.78, 5) is 40.9. The van der Waals surface area contributed by atoms with E-state index in [1.165, 1.54) is 11.1 Å². The second-order valence-electron chi connectivity index (χ2n) is 8.98. The molecule has 3 aliphatic rings. The molecular formula is C24H33N3O3S. The van der Waals surface area contributed by atoms with E-state index in [0.29, 0.717) is 12.8 Å². The van der Waals surface area contributed by atoms with Gasteiger partial charge in [-0.1, -0.05) is 38.1 Å². The maximum atomic E-state index is 13.4. The number of rotatable bonds is 5. The molecule has 31 heavy (non-hydrogen) atoms. The first-order valence-electron chi connectivity index (χ1n) is 11.6. The van der Waals surface area contributed by atoms with Gasteiger partial charge >= 0.3 is 0 Å². The first kappa shape index (κ1) is 22.2. The summed E-state index contributed by atoms with van der Waals surface area (Å²) in [5, 5.41) is 6.22. The molecule has 1 aromatic carbocycles. The Kier molecular flexibility index (Phi) is 6.89. The van der Waals surface area contributed by atoms with Crippen LogP contribution in [0.1, 0.15) is 69.5 Å². The Morgan fingerprint density at radius 1 is 1.13 bits per heavy atom. The SMILES string of the molecule is CC[C@@H](C)C(=O)N[C@H]1CCS[C@H]2CC[C@H](C(=O)N[C@@H]3CCCc4ccccc43)N2C1=O. The zero-order valence-corrected chi connectivity index (χ0v) is 19.2. The van der Waals surface area contributed by atoms with Crippen molar-refractivity contribution in [1.82, 2.24) is 15.5 Å². The lowest BCUT2D eigenvalue weighted by Gasteiger charge is -2.32. The van der Waals surface area contributed by atoms with Crippen molar-refractivity contribution in [1.29, 1.82) is 0 Å². The minimum absolute atomic E-state index is 0.00661. The molecule has 2 fully saturated rings. The summed E-state index contributed by atoms with van der Waals surface area (Å²) < 4.78 is 0. The van der Waals surface area contributed by atoms with Crippen LogP contribution in [0.15, 0.2) is 24.3 Å². The molecule has 7 heteroatoms. The third-order valence-corrected chi connectivity index (χ3v) is 8.29. The van der Waals surface area contributed by atoms with Gasteiger partial charge in [0.1, 0.15) is 12.1 Å². The smallest absolute Gasteiger partial charge is 0.246 e. The summed E-state index contributed by atoms with van der Waals surface area (Å²) in [6.45, 7) is 3.84. The number of amides is 3. The summed E-state index contributed by atoms with van der Waals surface area (Å²) in [6, 6.07) is 7.32. The number of thioether (sulfide) groups is 1. The summed E-state index contributed by atoms with van der Waals surface area (Å²) in [5.41, 5.74) is 2.50. The van der Waals surface area contributed by atoms with Crippen LogP contribution >= 0.6 is 11.8 Å². The first-order valence-corrected chi connectivity index (χ1v) is 12.7. The average Bonchev–Trinajstić information content (AvgIpc) is 3.15. The Balaban J connectivity index is 1.47. The fourth-order valence-corrected chi connectivity index (χ4v) is 6.28. The molecule has 3 amide bonds. The van der Waals surface area contributed by atoms with Crippen LogP contribution in [-0.4, -0.2) is 45.8 Å². The van der Waals surface area contributed by atoms with Gasteiger partial charge in [0.25, 0.3) is 0 Å². The second kappa shape index (κ2) is 9.63. The highest BCUT2D eigenvalue weighted by atomic mass is 32.2. The van der Waals surface area contributed by atoms with Crippen LogP contribution in [0.3, 0.4) is 0 Å². The van der Waals surface area contributed by atoms with Gasteiger partial charge in [0.15, 0.2) is 0 Å². The molecule has 2 N–H and O–H groups in total. The molecule has 2 saturated heterocycles. The Morgan fingerprint density at radius 3 is 2.74 bits per heavy atom. The topological polar surface area (TPSA) is 78.5 Å². The molecule has 0 unspecified atom stereocenters.